The number of nitrogens with zero attached hydrogens (tertiary/aromatic N) is 1. The Morgan fingerprint density at radius 3 is 2.45 bits per heavy atom. The van der Waals surface area contributed by atoms with Crippen molar-refractivity contribution in [3.05, 3.63) is 24.3 Å². The Morgan fingerprint density at radius 2 is 1.86 bits per heavy atom. The topological polar surface area (TPSA) is 48.0 Å². The van der Waals surface area contributed by atoms with Crippen LogP contribution in [0.5, 0.6) is 5.75 Å². The van der Waals surface area contributed by atoms with Gasteiger partial charge in [-0.15, -0.1) is 0 Å². The molecule has 1 saturated carbocycles. The number of hydrogen-bond acceptors (Lipinski definition) is 4. The van der Waals surface area contributed by atoms with E-state index in [1.807, 2.05) is 29.2 Å². The zero-order valence-electron chi connectivity index (χ0n) is 13.2. The zero-order chi connectivity index (χ0) is 15.5. The third-order valence-corrected chi connectivity index (χ3v) is 4.45. The van der Waals surface area contributed by atoms with Crippen molar-refractivity contribution in [1.82, 2.24) is 0 Å². The average Bonchev–Trinajstić information content (AvgIpc) is 3.36. The van der Waals surface area contributed by atoms with Crippen LogP contribution >= 0.6 is 0 Å². The van der Waals surface area contributed by atoms with Gasteiger partial charge in [0.2, 0.25) is 0 Å². The highest BCUT2D eigenvalue weighted by Crippen LogP contribution is 2.39. The maximum atomic E-state index is 12.4. The van der Waals surface area contributed by atoms with Gasteiger partial charge in [0.25, 0.3) is 5.91 Å². The van der Waals surface area contributed by atoms with E-state index < -0.39 is 0 Å². The van der Waals surface area contributed by atoms with E-state index in [1.165, 1.54) is 12.8 Å². The number of carbonyl (C=O) groups is 1. The third-order valence-electron chi connectivity index (χ3n) is 4.45. The molecule has 1 unspecified atom stereocenters. The third kappa shape index (κ3) is 3.10. The van der Waals surface area contributed by atoms with Gasteiger partial charge in [0.1, 0.15) is 12.5 Å². The molecule has 1 aromatic rings. The summed E-state index contributed by atoms with van der Waals surface area (Å²) >= 11 is 0. The normalized spacial score (nSPS) is 24.3. The first-order valence-corrected chi connectivity index (χ1v) is 7.82. The molecular formula is C17H23NO4. The van der Waals surface area contributed by atoms with Crippen LogP contribution in [0.4, 0.5) is 5.69 Å². The highest BCUT2D eigenvalue weighted by Gasteiger charge is 2.49. The van der Waals surface area contributed by atoms with Gasteiger partial charge < -0.3 is 19.1 Å². The second-order valence-electron chi connectivity index (χ2n) is 5.99. The first-order chi connectivity index (χ1) is 10.7. The Labute approximate surface area is 131 Å². The van der Waals surface area contributed by atoms with Crippen molar-refractivity contribution in [2.75, 3.05) is 25.9 Å². The molecule has 0 aromatic heterocycles. The van der Waals surface area contributed by atoms with Crippen LogP contribution in [0.25, 0.3) is 0 Å². The molecule has 1 heterocycles. The molecule has 2 aliphatic rings. The largest absolute Gasteiger partial charge is 0.497 e. The van der Waals surface area contributed by atoms with Crippen molar-refractivity contribution in [1.29, 1.82) is 0 Å². The summed E-state index contributed by atoms with van der Waals surface area (Å²) in [5.74, 6) is 1.65. The number of amides is 1. The SMILES string of the molecule is COCO[C@H]1C(=O)N(c2ccc(OC)cc2)C1CCC1CC1. The predicted octanol–water partition coefficient (Wildman–Crippen LogP) is 2.59. The molecule has 1 aliphatic heterocycles. The Bertz CT molecular complexity index is 512. The van der Waals surface area contributed by atoms with E-state index in [0.717, 1.165) is 30.2 Å². The molecule has 22 heavy (non-hydrogen) atoms. The van der Waals surface area contributed by atoms with Gasteiger partial charge in [-0.3, -0.25) is 4.79 Å². The Kier molecular flexibility index (Phi) is 4.64. The number of rotatable bonds is 8. The minimum absolute atomic E-state index is 0.0167. The lowest BCUT2D eigenvalue weighted by atomic mass is 9.91. The fourth-order valence-electron chi connectivity index (χ4n) is 3.00. The molecule has 3 rings (SSSR count). The van der Waals surface area contributed by atoms with Gasteiger partial charge in [0, 0.05) is 12.8 Å². The van der Waals surface area contributed by atoms with E-state index >= 15 is 0 Å². The molecule has 5 nitrogen and oxygen atoms in total. The first-order valence-electron chi connectivity index (χ1n) is 7.82. The van der Waals surface area contributed by atoms with Crippen LogP contribution in [0.3, 0.4) is 0 Å². The maximum Gasteiger partial charge on any atom is 0.258 e. The Morgan fingerprint density at radius 1 is 1.14 bits per heavy atom. The Hall–Kier alpha value is -1.59. The summed E-state index contributed by atoms with van der Waals surface area (Å²) in [4.78, 5) is 14.3. The van der Waals surface area contributed by atoms with Crippen LogP contribution < -0.4 is 9.64 Å². The second-order valence-corrected chi connectivity index (χ2v) is 5.99. The van der Waals surface area contributed by atoms with Crippen molar-refractivity contribution >= 4 is 11.6 Å². The number of β-lactam (4-membered cyclic amide) rings is 1. The second kappa shape index (κ2) is 6.67. The molecule has 0 bridgehead atoms. The number of carbonyl (C=O) groups excluding carboxylic acids is 1. The van der Waals surface area contributed by atoms with Gasteiger partial charge in [0.05, 0.1) is 13.2 Å². The molecule has 5 heteroatoms. The van der Waals surface area contributed by atoms with Gasteiger partial charge in [-0.25, -0.2) is 0 Å². The molecule has 2 atom stereocenters. The summed E-state index contributed by atoms with van der Waals surface area (Å²) < 4.78 is 15.7. The summed E-state index contributed by atoms with van der Waals surface area (Å²) in [5.41, 5.74) is 0.906. The van der Waals surface area contributed by atoms with Crippen LogP contribution in [0, 0.1) is 5.92 Å². The fourth-order valence-corrected chi connectivity index (χ4v) is 3.00. The van der Waals surface area contributed by atoms with Crippen LogP contribution in [0.1, 0.15) is 25.7 Å². The molecule has 1 amide bonds. The molecule has 1 saturated heterocycles. The fraction of sp³-hybridized carbons (Fsp3) is 0.588. The van der Waals surface area contributed by atoms with E-state index in [4.69, 9.17) is 14.2 Å². The number of hydrogen-bond donors (Lipinski definition) is 0. The minimum Gasteiger partial charge on any atom is -0.497 e. The number of ether oxygens (including phenoxy) is 3. The molecule has 0 radical (unpaired) electrons. The van der Waals surface area contributed by atoms with Gasteiger partial charge in [-0.2, -0.15) is 0 Å². The van der Waals surface area contributed by atoms with Gasteiger partial charge in [0.15, 0.2) is 6.10 Å². The molecule has 0 spiro atoms. The van der Waals surface area contributed by atoms with Crippen LogP contribution in [-0.2, 0) is 14.3 Å². The maximum absolute atomic E-state index is 12.4. The quantitative estimate of drug-likeness (QED) is 0.547. The van der Waals surface area contributed by atoms with Crippen molar-refractivity contribution in [3.63, 3.8) is 0 Å². The number of benzene rings is 1. The van der Waals surface area contributed by atoms with E-state index in [9.17, 15) is 4.79 Å². The molecular weight excluding hydrogens is 282 g/mol. The van der Waals surface area contributed by atoms with E-state index in [2.05, 4.69) is 0 Å². The van der Waals surface area contributed by atoms with E-state index in [0.29, 0.717) is 0 Å². The number of anilines is 1. The smallest absolute Gasteiger partial charge is 0.258 e. The van der Waals surface area contributed by atoms with Crippen molar-refractivity contribution in [2.45, 2.75) is 37.8 Å². The minimum atomic E-state index is -0.374. The molecule has 1 aromatic carbocycles. The van der Waals surface area contributed by atoms with Gasteiger partial charge >= 0.3 is 0 Å². The van der Waals surface area contributed by atoms with Gasteiger partial charge in [-0.1, -0.05) is 12.8 Å². The Balaban J connectivity index is 1.70. The monoisotopic (exact) mass is 305 g/mol. The lowest BCUT2D eigenvalue weighted by molar-refractivity contribution is -0.154. The molecule has 1 aliphatic carbocycles. The summed E-state index contributed by atoms with van der Waals surface area (Å²) in [6.45, 7) is 0.160. The molecule has 2 fully saturated rings. The summed E-state index contributed by atoms with van der Waals surface area (Å²) in [7, 11) is 3.21. The van der Waals surface area contributed by atoms with Crippen LogP contribution in [-0.4, -0.2) is 39.1 Å². The lowest BCUT2D eigenvalue weighted by Gasteiger charge is -2.46. The molecule has 0 N–H and O–H groups in total. The highest BCUT2D eigenvalue weighted by molar-refractivity contribution is 6.04. The van der Waals surface area contributed by atoms with Crippen molar-refractivity contribution in [2.24, 2.45) is 5.92 Å². The van der Waals surface area contributed by atoms with Crippen LogP contribution in [0.15, 0.2) is 24.3 Å². The van der Waals surface area contributed by atoms with E-state index in [-0.39, 0.29) is 24.8 Å². The first kappa shape index (κ1) is 15.3. The average molecular weight is 305 g/mol. The van der Waals surface area contributed by atoms with Crippen LogP contribution in [0.2, 0.25) is 0 Å². The number of methoxy groups -OCH3 is 2. The highest BCUT2D eigenvalue weighted by atomic mass is 16.7. The lowest BCUT2D eigenvalue weighted by Crippen LogP contribution is -2.66. The summed E-state index contributed by atoms with van der Waals surface area (Å²) in [6, 6.07) is 7.71. The standard InChI is InChI=1S/C17H23NO4/c1-20-11-22-16-15(10-5-12-3-4-12)18(17(16)19)13-6-8-14(21-2)9-7-13/h6-9,12,15-16H,3-5,10-11H2,1-2H3/t15?,16-/m1/s1. The van der Waals surface area contributed by atoms with Crippen molar-refractivity contribution < 1.29 is 19.0 Å². The van der Waals surface area contributed by atoms with E-state index in [1.54, 1.807) is 14.2 Å². The predicted molar refractivity (Wildman–Crippen MR) is 83.0 cm³/mol. The zero-order valence-corrected chi connectivity index (χ0v) is 13.2. The summed E-state index contributed by atoms with van der Waals surface area (Å²) in [5, 5.41) is 0. The summed E-state index contributed by atoms with van der Waals surface area (Å²) in [6.07, 6.45) is 4.43. The van der Waals surface area contributed by atoms with Crippen molar-refractivity contribution in [3.8, 4) is 5.75 Å². The van der Waals surface area contributed by atoms with Gasteiger partial charge in [-0.05, 0) is 43.0 Å². The molecule has 120 valence electrons.